The van der Waals surface area contributed by atoms with E-state index in [4.69, 9.17) is 28.3 Å². The predicted molar refractivity (Wildman–Crippen MR) is 254 cm³/mol. The van der Waals surface area contributed by atoms with Crippen LogP contribution in [0.25, 0.3) is 21.8 Å². The van der Waals surface area contributed by atoms with E-state index in [1.54, 1.807) is 24.3 Å². The smallest absolute Gasteiger partial charge is 0.337 e. The molecule has 2 N–H and O–H groups in total. The first-order valence-corrected chi connectivity index (χ1v) is 22.2. The van der Waals surface area contributed by atoms with E-state index in [0.717, 1.165) is 79.7 Å². The third kappa shape index (κ3) is 9.07. The summed E-state index contributed by atoms with van der Waals surface area (Å²) >= 11 is 12.4. The number of likely N-dealkylation sites (tertiary alicyclic amines) is 3. The number of carbonyl (C=O) groups excluding carboxylic acids is 1. The first-order valence-electron chi connectivity index (χ1n) is 21.4. The summed E-state index contributed by atoms with van der Waals surface area (Å²) in [5, 5.41) is 15.0. The van der Waals surface area contributed by atoms with Crippen molar-refractivity contribution < 1.29 is 23.5 Å². The molecule has 340 valence electrons. The van der Waals surface area contributed by atoms with Gasteiger partial charge in [-0.2, -0.15) is 0 Å². The van der Waals surface area contributed by atoms with Crippen LogP contribution in [0.2, 0.25) is 10.0 Å². The zero-order valence-electron chi connectivity index (χ0n) is 36.8. The number of amides is 1. The van der Waals surface area contributed by atoms with Crippen molar-refractivity contribution in [2.24, 2.45) is 35.8 Å². The predicted octanol–water partition coefficient (Wildman–Crippen LogP) is 10.4. The van der Waals surface area contributed by atoms with Gasteiger partial charge in [-0.15, -0.1) is 0 Å². The average Bonchev–Trinajstić information content (AvgIpc) is 4.01. The third-order valence-electron chi connectivity index (χ3n) is 14.6. The molecule has 4 saturated heterocycles. The second kappa shape index (κ2) is 17.9. The summed E-state index contributed by atoms with van der Waals surface area (Å²) in [6, 6.07) is 24.6. The number of aromatic nitrogens is 2. The minimum Gasteiger partial charge on any atom is -0.478 e. The third-order valence-corrected chi connectivity index (χ3v) is 15.3. The molecule has 2 aromatic heterocycles. The van der Waals surface area contributed by atoms with Crippen molar-refractivity contribution in [3.05, 3.63) is 141 Å². The largest absolute Gasteiger partial charge is 0.478 e. The van der Waals surface area contributed by atoms with Gasteiger partial charge in [0.05, 0.1) is 21.2 Å². The molecule has 4 aliphatic heterocycles. The van der Waals surface area contributed by atoms with Gasteiger partial charge in [0.15, 0.2) is 0 Å². The van der Waals surface area contributed by atoms with Gasteiger partial charge in [-0.05, 0) is 71.8 Å². The van der Waals surface area contributed by atoms with Crippen LogP contribution in [0.15, 0.2) is 97.3 Å². The fourth-order valence-electron chi connectivity index (χ4n) is 10.5. The van der Waals surface area contributed by atoms with Gasteiger partial charge in [0.1, 0.15) is 11.6 Å². The van der Waals surface area contributed by atoms with Crippen LogP contribution in [0.3, 0.4) is 0 Å². The number of benzene rings is 4. The monoisotopic (exact) mass is 912 g/mol. The Hall–Kier alpha value is -4.78. The molecule has 6 aromatic rings. The summed E-state index contributed by atoms with van der Waals surface area (Å²) in [5.41, 5.74) is 5.77. The number of fused-ring (bicyclic) bond motifs is 4. The molecule has 6 heterocycles. The van der Waals surface area contributed by atoms with E-state index >= 15 is 0 Å². The Labute approximate surface area is 385 Å². The number of halogens is 4. The number of aromatic carboxylic acids is 1. The summed E-state index contributed by atoms with van der Waals surface area (Å²) in [6.45, 7) is 18.8. The molecule has 4 fully saturated rings. The molecule has 0 saturated carbocycles. The van der Waals surface area contributed by atoms with Crippen LogP contribution in [-0.2, 0) is 27.2 Å². The van der Waals surface area contributed by atoms with E-state index in [9.17, 15) is 18.4 Å². The van der Waals surface area contributed by atoms with Gasteiger partial charge in [-0.25, -0.2) is 13.6 Å². The van der Waals surface area contributed by atoms with Crippen LogP contribution in [0.1, 0.15) is 67.0 Å². The van der Waals surface area contributed by atoms with E-state index in [1.165, 1.54) is 17.7 Å². The lowest BCUT2D eigenvalue weighted by atomic mass is 9.71. The first kappa shape index (κ1) is 47.2. The number of aryl methyl sites for hydroxylation is 2. The highest BCUT2D eigenvalue weighted by Gasteiger charge is 2.58. The lowest BCUT2D eigenvalue weighted by molar-refractivity contribution is 0.0696. The van der Waals surface area contributed by atoms with Gasteiger partial charge < -0.3 is 24.5 Å². The molecule has 0 unspecified atom stereocenters. The fraction of sp³-hybridized carbons (Fsp3) is 0.412. The normalized spacial score (nSPS) is 25.1. The summed E-state index contributed by atoms with van der Waals surface area (Å²) in [4.78, 5) is 31.1. The molecule has 0 radical (unpaired) electrons. The highest BCUT2D eigenvalue weighted by molar-refractivity contribution is 6.35. The Balaban J connectivity index is 0.000000157. The van der Waals surface area contributed by atoms with Crippen molar-refractivity contribution >= 4 is 56.9 Å². The second-order valence-corrected chi connectivity index (χ2v) is 20.3. The molecule has 0 aliphatic carbocycles. The quantitative estimate of drug-likeness (QED) is 0.173. The minimum atomic E-state index is -0.999. The summed E-state index contributed by atoms with van der Waals surface area (Å²) in [5.74, 6) is -1.35. The average molecular weight is 914 g/mol. The molecule has 4 atom stereocenters. The maximum atomic E-state index is 13.4. The Bertz CT molecular complexity index is 2650. The van der Waals surface area contributed by atoms with E-state index in [0.29, 0.717) is 34.5 Å². The zero-order chi connectivity index (χ0) is 45.1. The first-order chi connectivity index (χ1) is 29.8. The number of nitrogens with zero attached hydrogens (tertiary/aromatic N) is 5. The van der Waals surface area contributed by atoms with Crippen LogP contribution in [0.4, 0.5) is 8.78 Å². The molecule has 10 rings (SSSR count). The van der Waals surface area contributed by atoms with Crippen LogP contribution in [0.5, 0.6) is 0 Å². The van der Waals surface area contributed by atoms with Gasteiger partial charge >= 0.3 is 5.97 Å². The minimum absolute atomic E-state index is 0. The van der Waals surface area contributed by atoms with Gasteiger partial charge in [-0.1, -0.05) is 82.6 Å². The number of carbonyl (C=O) groups is 2. The van der Waals surface area contributed by atoms with Crippen molar-refractivity contribution in [1.82, 2.24) is 29.2 Å². The number of hydrogen-bond donors (Lipinski definition) is 2. The molecule has 4 aliphatic rings. The molecule has 0 spiro atoms. The van der Waals surface area contributed by atoms with Gasteiger partial charge in [0.2, 0.25) is 0 Å². The molecule has 13 heteroatoms. The Morgan fingerprint density at radius 1 is 0.609 bits per heavy atom. The standard InChI is InChI=1S/C25H27ClFN3O.C15H21FN2.C10H8ClNO2.CH4/c1-24-13-29(12-17-4-6-19(27)7-5-17)14-25(24,2)16-30(15-24)23(31)20-10-18-8-9-28(3)22(18)11-21(20)26;1-14-8-17-9-15(14,2)11-18(10-14)7-12-3-5-13(16)6-4-12;1-12-3-2-6-4-7(10(13)14)8(11)5-9(6)12;/h4-11H,12-16H2,1-3H3;3-6,17H,7-11H2,1-2H3;2-5H,1H3,(H,13,14);1H4/t24-,25+;14-,15+;;. The van der Waals surface area contributed by atoms with E-state index in [2.05, 4.69) is 42.8 Å². The number of carboxylic acid groups (broad SMARTS) is 1. The number of rotatable bonds is 6. The van der Waals surface area contributed by atoms with E-state index < -0.39 is 5.97 Å². The highest BCUT2D eigenvalue weighted by atomic mass is 35.5. The molecule has 9 nitrogen and oxygen atoms in total. The van der Waals surface area contributed by atoms with Crippen molar-refractivity contribution in [1.29, 1.82) is 0 Å². The topological polar surface area (TPSA) is 86.0 Å². The highest BCUT2D eigenvalue weighted by Crippen LogP contribution is 2.52. The van der Waals surface area contributed by atoms with Crippen LogP contribution < -0.4 is 5.32 Å². The number of hydrogen-bond acceptors (Lipinski definition) is 5. The van der Waals surface area contributed by atoms with Crippen molar-refractivity contribution in [2.45, 2.75) is 48.2 Å². The van der Waals surface area contributed by atoms with Crippen molar-refractivity contribution in [2.75, 3.05) is 52.4 Å². The fourth-order valence-corrected chi connectivity index (χ4v) is 11.0. The summed E-state index contributed by atoms with van der Waals surface area (Å²) in [7, 11) is 3.86. The van der Waals surface area contributed by atoms with E-state index in [-0.39, 0.29) is 46.4 Å². The van der Waals surface area contributed by atoms with E-state index in [1.807, 2.05) is 89.1 Å². The van der Waals surface area contributed by atoms with Gasteiger partial charge in [0.25, 0.3) is 5.91 Å². The Morgan fingerprint density at radius 2 is 1.00 bits per heavy atom. The number of nitrogens with one attached hydrogen (secondary N) is 1. The molecule has 64 heavy (non-hydrogen) atoms. The molecule has 4 aromatic carbocycles. The summed E-state index contributed by atoms with van der Waals surface area (Å²) in [6.07, 6.45) is 3.85. The molecular weight excluding hydrogens is 854 g/mol. The van der Waals surface area contributed by atoms with Crippen LogP contribution >= 0.6 is 23.2 Å². The molecular formula is C51H60Cl2F2N6O3. The van der Waals surface area contributed by atoms with Crippen LogP contribution in [0, 0.1) is 33.3 Å². The molecule has 1 amide bonds. The number of carboxylic acids is 1. The summed E-state index contributed by atoms with van der Waals surface area (Å²) < 4.78 is 30.0. The molecule has 0 bridgehead atoms. The van der Waals surface area contributed by atoms with Gasteiger partial charge in [0, 0.05) is 135 Å². The Morgan fingerprint density at radius 3 is 1.42 bits per heavy atom. The maximum absolute atomic E-state index is 13.4. The lowest BCUT2D eigenvalue weighted by Gasteiger charge is -2.31. The van der Waals surface area contributed by atoms with Crippen molar-refractivity contribution in [3.8, 4) is 0 Å². The zero-order valence-corrected chi connectivity index (χ0v) is 38.3. The second-order valence-electron chi connectivity index (χ2n) is 19.5. The maximum Gasteiger partial charge on any atom is 0.337 e. The SMILES string of the molecule is C.C[C@@]12CNC[C@]1(C)CN(Cc1ccc(F)cc1)C2.Cn1ccc2cc(C(=O)N3C[C@]4(C)CN(Cc5ccc(F)cc5)C[C@]4(C)C3)c(Cl)cc21.Cn1ccc2cc(C(=O)O)c(Cl)cc21. The van der Waals surface area contributed by atoms with Gasteiger partial charge in [-0.3, -0.25) is 14.6 Å². The van der Waals surface area contributed by atoms with Crippen molar-refractivity contribution in [3.63, 3.8) is 0 Å². The Kier molecular flexibility index (Phi) is 13.2. The lowest BCUT2D eigenvalue weighted by Crippen LogP contribution is -2.35. The van der Waals surface area contributed by atoms with Crippen LogP contribution in [-0.4, -0.2) is 93.2 Å².